The quantitative estimate of drug-likeness (QED) is 0.366. The van der Waals surface area contributed by atoms with E-state index >= 15 is 0 Å². The molecule has 2 amide bonds. The molecule has 30 heavy (non-hydrogen) atoms. The highest BCUT2D eigenvalue weighted by Crippen LogP contribution is 2.36. The molecule has 0 atom stereocenters. The van der Waals surface area contributed by atoms with E-state index in [9.17, 15) is 32.9 Å². The molecule has 0 aliphatic rings. The molecule has 160 valence electrons. The van der Waals surface area contributed by atoms with Gasteiger partial charge in [-0.1, -0.05) is 25.1 Å². The SMILES string of the molecule is CCc1ccccc1NC(=O)CNC(=O)CSc1ccc(C(F)(F)F)cc1[N+](=O)[O-]. The molecule has 2 aromatic carbocycles. The first-order valence-corrected chi connectivity index (χ1v) is 9.73. The van der Waals surface area contributed by atoms with Crippen molar-refractivity contribution in [2.75, 3.05) is 17.6 Å². The van der Waals surface area contributed by atoms with Crippen LogP contribution in [0.15, 0.2) is 47.4 Å². The Morgan fingerprint density at radius 3 is 2.47 bits per heavy atom. The van der Waals surface area contributed by atoms with Crippen molar-refractivity contribution in [1.29, 1.82) is 0 Å². The van der Waals surface area contributed by atoms with Gasteiger partial charge in [-0.15, -0.1) is 11.8 Å². The van der Waals surface area contributed by atoms with Crippen molar-refractivity contribution in [3.63, 3.8) is 0 Å². The Hall–Kier alpha value is -3.08. The monoisotopic (exact) mass is 441 g/mol. The average Bonchev–Trinajstić information content (AvgIpc) is 2.70. The van der Waals surface area contributed by atoms with Crippen LogP contribution in [0, 0.1) is 10.1 Å². The van der Waals surface area contributed by atoms with Gasteiger partial charge in [0.15, 0.2) is 0 Å². The molecule has 7 nitrogen and oxygen atoms in total. The van der Waals surface area contributed by atoms with Crippen molar-refractivity contribution < 1.29 is 27.7 Å². The minimum atomic E-state index is -4.71. The third-order valence-electron chi connectivity index (χ3n) is 3.96. The largest absolute Gasteiger partial charge is 0.416 e. The fourth-order valence-corrected chi connectivity index (χ4v) is 3.31. The molecule has 2 rings (SSSR count). The first kappa shape index (κ1) is 23.2. The van der Waals surface area contributed by atoms with Gasteiger partial charge in [0.25, 0.3) is 5.69 Å². The molecular weight excluding hydrogens is 423 g/mol. The molecule has 0 fully saturated rings. The lowest BCUT2D eigenvalue weighted by molar-refractivity contribution is -0.388. The number of benzene rings is 2. The maximum absolute atomic E-state index is 12.7. The van der Waals surface area contributed by atoms with Crippen LogP contribution >= 0.6 is 11.8 Å². The first-order chi connectivity index (χ1) is 14.1. The average molecular weight is 441 g/mol. The van der Waals surface area contributed by atoms with Gasteiger partial charge in [0, 0.05) is 11.8 Å². The number of amides is 2. The van der Waals surface area contributed by atoms with E-state index in [1.807, 2.05) is 19.1 Å². The maximum Gasteiger partial charge on any atom is 0.416 e. The fourth-order valence-electron chi connectivity index (χ4n) is 2.48. The van der Waals surface area contributed by atoms with Crippen LogP contribution in [0.25, 0.3) is 0 Å². The molecule has 0 spiro atoms. The summed E-state index contributed by atoms with van der Waals surface area (Å²) in [5, 5.41) is 16.1. The van der Waals surface area contributed by atoms with Crippen molar-refractivity contribution >= 4 is 35.0 Å². The summed E-state index contributed by atoms with van der Waals surface area (Å²) in [5.41, 5.74) is -0.320. The number of nitrogens with one attached hydrogen (secondary N) is 2. The van der Waals surface area contributed by atoms with Crippen LogP contribution in [0.5, 0.6) is 0 Å². The van der Waals surface area contributed by atoms with E-state index in [1.165, 1.54) is 0 Å². The molecule has 0 heterocycles. The topological polar surface area (TPSA) is 101 Å². The normalized spacial score (nSPS) is 11.1. The number of nitro benzene ring substituents is 1. The van der Waals surface area contributed by atoms with Crippen molar-refractivity contribution in [2.24, 2.45) is 0 Å². The molecule has 2 aromatic rings. The first-order valence-electron chi connectivity index (χ1n) is 8.74. The Labute approximate surface area is 174 Å². The number of rotatable bonds is 8. The zero-order valence-electron chi connectivity index (χ0n) is 15.8. The van der Waals surface area contributed by atoms with Crippen LogP contribution in [0.2, 0.25) is 0 Å². The third-order valence-corrected chi connectivity index (χ3v) is 5.02. The predicted octanol–water partition coefficient (Wildman–Crippen LogP) is 4.02. The minimum Gasteiger partial charge on any atom is -0.346 e. The zero-order chi connectivity index (χ0) is 22.3. The number of thioether (sulfide) groups is 1. The number of carbonyl (C=O) groups is 2. The van der Waals surface area contributed by atoms with E-state index < -0.39 is 34.2 Å². The Kier molecular flexibility index (Phi) is 7.81. The lowest BCUT2D eigenvalue weighted by Crippen LogP contribution is -2.34. The highest BCUT2D eigenvalue weighted by Gasteiger charge is 2.33. The van der Waals surface area contributed by atoms with E-state index in [0.717, 1.165) is 11.6 Å². The number of hydrogen-bond donors (Lipinski definition) is 2. The van der Waals surface area contributed by atoms with Crippen molar-refractivity contribution in [1.82, 2.24) is 5.32 Å². The summed E-state index contributed by atoms with van der Waals surface area (Å²) in [6, 6.07) is 9.30. The predicted molar refractivity (Wildman–Crippen MR) is 106 cm³/mol. The van der Waals surface area contributed by atoms with E-state index in [2.05, 4.69) is 10.6 Å². The van der Waals surface area contributed by atoms with E-state index in [-0.39, 0.29) is 17.2 Å². The lowest BCUT2D eigenvalue weighted by Gasteiger charge is -2.11. The van der Waals surface area contributed by atoms with E-state index in [1.54, 1.807) is 12.1 Å². The van der Waals surface area contributed by atoms with Gasteiger partial charge in [0.2, 0.25) is 11.8 Å². The molecule has 0 saturated heterocycles. The highest BCUT2D eigenvalue weighted by molar-refractivity contribution is 8.00. The molecule has 2 N–H and O–H groups in total. The summed E-state index contributed by atoms with van der Waals surface area (Å²) in [7, 11) is 0. The molecule has 0 aliphatic carbocycles. The van der Waals surface area contributed by atoms with Gasteiger partial charge in [-0.25, -0.2) is 0 Å². The molecule has 0 aromatic heterocycles. The highest BCUT2D eigenvalue weighted by atomic mass is 32.2. The minimum absolute atomic E-state index is 0.0792. The zero-order valence-corrected chi connectivity index (χ0v) is 16.6. The van der Waals surface area contributed by atoms with Crippen molar-refractivity contribution in [3.8, 4) is 0 Å². The van der Waals surface area contributed by atoms with Gasteiger partial charge >= 0.3 is 6.18 Å². The number of anilines is 1. The summed E-state index contributed by atoms with van der Waals surface area (Å²) < 4.78 is 38.2. The van der Waals surface area contributed by atoms with Gasteiger partial charge in [-0.3, -0.25) is 19.7 Å². The molecule has 0 unspecified atom stereocenters. The van der Waals surface area contributed by atoms with Gasteiger partial charge in [-0.05, 0) is 30.2 Å². The smallest absolute Gasteiger partial charge is 0.346 e. The van der Waals surface area contributed by atoms with Crippen LogP contribution in [-0.2, 0) is 22.2 Å². The summed E-state index contributed by atoms with van der Waals surface area (Å²) in [6.07, 6.45) is -4.00. The van der Waals surface area contributed by atoms with Gasteiger partial charge < -0.3 is 10.6 Å². The van der Waals surface area contributed by atoms with Crippen molar-refractivity contribution in [3.05, 3.63) is 63.7 Å². The molecule has 0 saturated carbocycles. The van der Waals surface area contributed by atoms with E-state index in [4.69, 9.17) is 0 Å². The summed E-state index contributed by atoms with van der Waals surface area (Å²) in [6.45, 7) is 1.62. The number of carbonyl (C=O) groups excluding carboxylic acids is 2. The second-order valence-electron chi connectivity index (χ2n) is 6.06. The van der Waals surface area contributed by atoms with Crippen LogP contribution < -0.4 is 10.6 Å². The number of para-hydroxylation sites is 1. The third kappa shape index (κ3) is 6.48. The van der Waals surface area contributed by atoms with Crippen molar-refractivity contribution in [2.45, 2.75) is 24.4 Å². The Bertz CT molecular complexity index is 951. The Morgan fingerprint density at radius 1 is 1.13 bits per heavy atom. The Morgan fingerprint density at radius 2 is 1.83 bits per heavy atom. The van der Waals surface area contributed by atoms with Crippen LogP contribution in [0.1, 0.15) is 18.1 Å². The van der Waals surface area contributed by atoms with Gasteiger partial charge in [-0.2, -0.15) is 13.2 Å². The number of alkyl halides is 3. The summed E-state index contributed by atoms with van der Waals surface area (Å²) >= 11 is 0.712. The lowest BCUT2D eigenvalue weighted by atomic mass is 10.1. The van der Waals surface area contributed by atoms with E-state index in [0.29, 0.717) is 36.0 Å². The fraction of sp³-hybridized carbons (Fsp3) is 0.263. The second-order valence-corrected chi connectivity index (χ2v) is 7.08. The Balaban J connectivity index is 1.91. The summed E-state index contributed by atoms with van der Waals surface area (Å²) in [4.78, 5) is 34.0. The van der Waals surface area contributed by atoms with Crippen LogP contribution in [0.3, 0.4) is 0 Å². The maximum atomic E-state index is 12.7. The second kappa shape index (κ2) is 10.1. The number of hydrogen-bond acceptors (Lipinski definition) is 5. The number of nitrogens with zero attached hydrogens (tertiary/aromatic N) is 1. The van der Waals surface area contributed by atoms with Gasteiger partial charge in [0.1, 0.15) is 0 Å². The number of nitro groups is 1. The molecule has 0 radical (unpaired) electrons. The standard InChI is InChI=1S/C19H18F3N3O4S/c1-2-12-5-3-4-6-14(12)24-17(26)10-23-18(27)11-30-16-8-7-13(19(20,21)22)9-15(16)25(28)29/h3-9H,2,10-11H2,1H3,(H,23,27)(H,24,26). The number of halogens is 3. The molecule has 0 bridgehead atoms. The van der Waals surface area contributed by atoms with Crippen LogP contribution in [0.4, 0.5) is 24.5 Å². The molecule has 11 heteroatoms. The molecule has 0 aliphatic heterocycles. The summed E-state index contributed by atoms with van der Waals surface area (Å²) in [5.74, 6) is -1.34. The van der Waals surface area contributed by atoms with Gasteiger partial charge in [0.05, 0.1) is 27.7 Å². The van der Waals surface area contributed by atoms with Crippen LogP contribution in [-0.4, -0.2) is 29.0 Å². The molecular formula is C19H18F3N3O4S. The number of aryl methyl sites for hydroxylation is 1.